The summed E-state index contributed by atoms with van der Waals surface area (Å²) in [6, 6.07) is 5.44. The minimum atomic E-state index is -0.385. The number of nitrogens with zero attached hydrogens (tertiary/aromatic N) is 1. The molecule has 5 nitrogen and oxygen atoms in total. The number of urea groups is 1. The fourth-order valence-corrected chi connectivity index (χ4v) is 2.17. The van der Waals surface area contributed by atoms with Crippen LogP contribution >= 0.6 is 22.6 Å². The number of hydrogen-bond donors (Lipinski definition) is 3. The second-order valence-corrected chi connectivity index (χ2v) is 4.76. The van der Waals surface area contributed by atoms with Crippen molar-refractivity contribution in [2.45, 2.75) is 13.8 Å². The summed E-state index contributed by atoms with van der Waals surface area (Å²) in [6.07, 6.45) is 0. The molecule has 0 bridgehead atoms. The van der Waals surface area contributed by atoms with E-state index >= 15 is 0 Å². The van der Waals surface area contributed by atoms with E-state index in [-0.39, 0.29) is 12.0 Å². The SMILES string of the molecule is CCN(C(=O)NC(=N)N)c1ccc(I)cc1C. The van der Waals surface area contributed by atoms with Gasteiger partial charge >= 0.3 is 6.03 Å². The molecule has 0 spiro atoms. The summed E-state index contributed by atoms with van der Waals surface area (Å²) >= 11 is 2.22. The molecule has 6 heteroatoms. The van der Waals surface area contributed by atoms with Crippen molar-refractivity contribution < 1.29 is 4.79 Å². The molecule has 0 saturated carbocycles. The maximum absolute atomic E-state index is 11.8. The molecule has 1 aromatic rings. The van der Waals surface area contributed by atoms with Crippen LogP contribution in [-0.2, 0) is 0 Å². The smallest absolute Gasteiger partial charge is 0.328 e. The molecular formula is C11H15IN4O. The van der Waals surface area contributed by atoms with Gasteiger partial charge in [-0.3, -0.25) is 15.6 Å². The van der Waals surface area contributed by atoms with Gasteiger partial charge in [-0.1, -0.05) is 0 Å². The average Bonchev–Trinajstić information content (AvgIpc) is 2.21. The molecule has 92 valence electrons. The summed E-state index contributed by atoms with van der Waals surface area (Å²) < 4.78 is 1.12. The predicted octanol–water partition coefficient (Wildman–Crippen LogP) is 2.03. The monoisotopic (exact) mass is 346 g/mol. The molecule has 0 aliphatic rings. The Labute approximate surface area is 114 Å². The number of rotatable bonds is 2. The number of halogens is 1. The van der Waals surface area contributed by atoms with Crippen molar-refractivity contribution in [2.75, 3.05) is 11.4 Å². The van der Waals surface area contributed by atoms with Gasteiger partial charge in [0, 0.05) is 15.8 Å². The van der Waals surface area contributed by atoms with E-state index in [0.717, 1.165) is 14.8 Å². The first-order valence-electron chi connectivity index (χ1n) is 5.14. The summed E-state index contributed by atoms with van der Waals surface area (Å²) in [7, 11) is 0. The number of hydrogen-bond acceptors (Lipinski definition) is 2. The first-order chi connectivity index (χ1) is 7.95. The molecule has 1 aromatic carbocycles. The highest BCUT2D eigenvalue weighted by Crippen LogP contribution is 2.22. The number of aryl methyl sites for hydroxylation is 1. The highest BCUT2D eigenvalue weighted by Gasteiger charge is 2.16. The lowest BCUT2D eigenvalue weighted by atomic mass is 10.2. The lowest BCUT2D eigenvalue weighted by Crippen LogP contribution is -2.45. The van der Waals surface area contributed by atoms with Crippen LogP contribution in [0.25, 0.3) is 0 Å². The Morgan fingerprint density at radius 2 is 2.24 bits per heavy atom. The Bertz CT molecular complexity index is 447. The van der Waals surface area contributed by atoms with Crippen molar-refractivity contribution in [3.63, 3.8) is 0 Å². The molecule has 0 saturated heterocycles. The van der Waals surface area contributed by atoms with Gasteiger partial charge in [0.1, 0.15) is 0 Å². The zero-order chi connectivity index (χ0) is 13.0. The third kappa shape index (κ3) is 3.58. The number of guanidine groups is 1. The molecule has 17 heavy (non-hydrogen) atoms. The van der Waals surface area contributed by atoms with E-state index in [9.17, 15) is 4.79 Å². The van der Waals surface area contributed by atoms with Gasteiger partial charge in [-0.15, -0.1) is 0 Å². The van der Waals surface area contributed by atoms with Crippen LogP contribution in [0, 0.1) is 15.9 Å². The van der Waals surface area contributed by atoms with Gasteiger partial charge in [-0.25, -0.2) is 4.79 Å². The van der Waals surface area contributed by atoms with Gasteiger partial charge in [0.15, 0.2) is 5.96 Å². The molecule has 4 N–H and O–H groups in total. The van der Waals surface area contributed by atoms with E-state index in [1.54, 1.807) is 4.90 Å². The molecule has 0 heterocycles. The highest BCUT2D eigenvalue weighted by molar-refractivity contribution is 14.1. The molecule has 0 atom stereocenters. The second-order valence-electron chi connectivity index (χ2n) is 3.52. The Balaban J connectivity index is 3.01. The fraction of sp³-hybridized carbons (Fsp3) is 0.273. The topological polar surface area (TPSA) is 82.2 Å². The Morgan fingerprint density at radius 1 is 1.59 bits per heavy atom. The van der Waals surface area contributed by atoms with Crippen LogP contribution in [0.5, 0.6) is 0 Å². The van der Waals surface area contributed by atoms with Crippen molar-refractivity contribution in [3.8, 4) is 0 Å². The quantitative estimate of drug-likeness (QED) is 0.435. The van der Waals surface area contributed by atoms with Gasteiger partial charge in [-0.2, -0.15) is 0 Å². The third-order valence-corrected chi connectivity index (χ3v) is 2.92. The molecule has 1 rings (SSSR count). The van der Waals surface area contributed by atoms with Gasteiger partial charge in [0.2, 0.25) is 0 Å². The molecule has 0 aliphatic carbocycles. The average molecular weight is 346 g/mol. The highest BCUT2D eigenvalue weighted by atomic mass is 127. The van der Waals surface area contributed by atoms with Crippen molar-refractivity contribution in [2.24, 2.45) is 5.73 Å². The Morgan fingerprint density at radius 3 is 2.71 bits per heavy atom. The maximum Gasteiger partial charge on any atom is 0.328 e. The van der Waals surface area contributed by atoms with E-state index < -0.39 is 0 Å². The molecule has 0 radical (unpaired) electrons. The first-order valence-corrected chi connectivity index (χ1v) is 6.22. The summed E-state index contributed by atoms with van der Waals surface area (Å²) in [6.45, 7) is 4.33. The minimum Gasteiger partial charge on any atom is -0.370 e. The standard InChI is InChI=1S/C11H15IN4O/c1-3-16(11(17)15-10(13)14)9-5-4-8(12)6-7(9)2/h4-6H,3H2,1-2H3,(H4,13,14,15,17). The largest absolute Gasteiger partial charge is 0.370 e. The van der Waals surface area contributed by atoms with Gasteiger partial charge < -0.3 is 5.73 Å². The Hall–Kier alpha value is -1.31. The van der Waals surface area contributed by atoms with Crippen molar-refractivity contribution >= 4 is 40.3 Å². The molecule has 0 fully saturated rings. The lowest BCUT2D eigenvalue weighted by molar-refractivity contribution is 0.250. The maximum atomic E-state index is 11.8. The van der Waals surface area contributed by atoms with Crippen LogP contribution in [0.4, 0.5) is 10.5 Å². The van der Waals surface area contributed by atoms with Crippen LogP contribution in [0.1, 0.15) is 12.5 Å². The van der Waals surface area contributed by atoms with E-state index in [1.807, 2.05) is 32.0 Å². The summed E-state index contributed by atoms with van der Waals surface area (Å²) in [5.41, 5.74) is 6.99. The number of benzene rings is 1. The van der Waals surface area contributed by atoms with E-state index in [4.69, 9.17) is 11.1 Å². The van der Waals surface area contributed by atoms with Crippen LogP contribution in [-0.4, -0.2) is 18.5 Å². The van der Waals surface area contributed by atoms with Crippen LogP contribution in [0.3, 0.4) is 0 Å². The van der Waals surface area contributed by atoms with Crippen molar-refractivity contribution in [1.82, 2.24) is 5.32 Å². The van der Waals surface area contributed by atoms with Crippen molar-refractivity contribution in [1.29, 1.82) is 5.41 Å². The fourth-order valence-electron chi connectivity index (χ4n) is 1.53. The minimum absolute atomic E-state index is 0.350. The van der Waals surface area contributed by atoms with Crippen molar-refractivity contribution in [3.05, 3.63) is 27.3 Å². The zero-order valence-electron chi connectivity index (χ0n) is 9.75. The number of carbonyl (C=O) groups excluding carboxylic acids is 1. The molecule has 2 amide bonds. The second kappa shape index (κ2) is 5.85. The summed E-state index contributed by atoms with van der Waals surface area (Å²) in [5, 5.41) is 9.34. The molecule has 0 unspecified atom stereocenters. The van der Waals surface area contributed by atoms with Crippen LogP contribution in [0.2, 0.25) is 0 Å². The summed E-state index contributed by atoms with van der Waals surface area (Å²) in [5.74, 6) is -0.350. The number of carbonyl (C=O) groups is 1. The zero-order valence-corrected chi connectivity index (χ0v) is 11.9. The number of amides is 2. The van der Waals surface area contributed by atoms with Crippen LogP contribution in [0.15, 0.2) is 18.2 Å². The molecule has 0 aliphatic heterocycles. The van der Waals surface area contributed by atoms with Gasteiger partial charge in [-0.05, 0) is 60.2 Å². The number of nitrogens with two attached hydrogens (primary N) is 1. The van der Waals surface area contributed by atoms with E-state index in [0.29, 0.717) is 6.54 Å². The predicted molar refractivity (Wildman–Crippen MR) is 77.4 cm³/mol. The summed E-state index contributed by atoms with van der Waals surface area (Å²) in [4.78, 5) is 13.4. The van der Waals surface area contributed by atoms with Crippen LogP contribution < -0.4 is 16.0 Å². The third-order valence-electron chi connectivity index (χ3n) is 2.25. The van der Waals surface area contributed by atoms with Gasteiger partial charge in [0.25, 0.3) is 0 Å². The molecular weight excluding hydrogens is 331 g/mol. The van der Waals surface area contributed by atoms with E-state index in [1.165, 1.54) is 0 Å². The van der Waals surface area contributed by atoms with Gasteiger partial charge in [0.05, 0.1) is 0 Å². The van der Waals surface area contributed by atoms with E-state index in [2.05, 4.69) is 27.9 Å². The molecule has 0 aromatic heterocycles. The number of anilines is 1. The Kier molecular flexibility index (Phi) is 4.73. The number of nitrogens with one attached hydrogen (secondary N) is 2. The first kappa shape index (κ1) is 13.8. The normalized spacial score (nSPS) is 9.82. The lowest BCUT2D eigenvalue weighted by Gasteiger charge is -2.23.